The Morgan fingerprint density at radius 3 is 2.44 bits per heavy atom. The number of hydrogen-bond donors (Lipinski definition) is 0. The van der Waals surface area contributed by atoms with Gasteiger partial charge in [0.2, 0.25) is 0 Å². The Balaban J connectivity index is 2.29. The summed E-state index contributed by atoms with van der Waals surface area (Å²) in [7, 11) is -1.86. The molecule has 1 heterocycles. The van der Waals surface area contributed by atoms with Crippen LogP contribution in [0.3, 0.4) is 0 Å². The van der Waals surface area contributed by atoms with Crippen molar-refractivity contribution >= 4 is 35.6 Å². The molecule has 1 aromatic carbocycles. The average Bonchev–Trinajstić information content (AvgIpc) is 3.03. The molecule has 2 rings (SSSR count). The van der Waals surface area contributed by atoms with Crippen LogP contribution in [0.4, 0.5) is 5.69 Å². The van der Waals surface area contributed by atoms with Crippen LogP contribution in [0.1, 0.15) is 20.8 Å². The topological polar surface area (TPSA) is 38.8 Å². The first-order valence-electron chi connectivity index (χ1n) is 8.44. The van der Waals surface area contributed by atoms with Gasteiger partial charge in [0.25, 0.3) is 0 Å². The van der Waals surface area contributed by atoms with Crippen LogP contribution in [0, 0.1) is 11.5 Å². The predicted octanol–water partition coefficient (Wildman–Crippen LogP) is 4.21. The number of nitrogens with zero attached hydrogens (tertiary/aromatic N) is 1. The van der Waals surface area contributed by atoms with E-state index >= 15 is 0 Å². The fraction of sp³-hybridized carbons (Fsp3) is 0.526. The van der Waals surface area contributed by atoms with Gasteiger partial charge in [0, 0.05) is 4.47 Å². The number of rotatable bonds is 3. The van der Waals surface area contributed by atoms with Crippen LogP contribution in [-0.4, -0.2) is 40.0 Å². The van der Waals surface area contributed by atoms with Gasteiger partial charge < -0.3 is 9.47 Å². The number of amides is 1. The lowest BCUT2D eigenvalue weighted by Gasteiger charge is -2.31. The van der Waals surface area contributed by atoms with Crippen molar-refractivity contribution in [3.63, 3.8) is 0 Å². The largest absolute Gasteiger partial charge is 0.348 e. The van der Waals surface area contributed by atoms with E-state index in [-0.39, 0.29) is 10.9 Å². The lowest BCUT2D eigenvalue weighted by Crippen LogP contribution is -2.39. The van der Waals surface area contributed by atoms with Gasteiger partial charge in [0.05, 0.1) is 25.4 Å². The number of hydrogen-bond acceptors (Lipinski definition) is 3. The number of carbonyl (C=O) groups is 1. The minimum absolute atomic E-state index is 0.107. The minimum atomic E-state index is -1.86. The molecule has 1 aliphatic heterocycles. The standard InChI is InChI=1S/C19H26BrNO3Si/c1-19(2,3)25(4,5)13-10-17(22)21(14-18-23-11-12-24-18)16-9-7-6-8-15(16)20/h6-9,18H,11-12,14H2,1-5H3. The van der Waals surface area contributed by atoms with E-state index in [1.54, 1.807) is 4.90 Å². The molecule has 0 aromatic heterocycles. The van der Waals surface area contributed by atoms with Crippen molar-refractivity contribution in [2.24, 2.45) is 0 Å². The summed E-state index contributed by atoms with van der Waals surface area (Å²) in [6, 6.07) is 7.62. The molecule has 4 nitrogen and oxygen atoms in total. The van der Waals surface area contributed by atoms with E-state index in [0.29, 0.717) is 19.8 Å². The summed E-state index contributed by atoms with van der Waals surface area (Å²) in [6.45, 7) is 12.4. The molecule has 0 spiro atoms. The molecule has 1 saturated heterocycles. The first-order chi connectivity index (χ1) is 11.6. The van der Waals surface area contributed by atoms with Crippen molar-refractivity contribution in [2.45, 2.75) is 45.2 Å². The van der Waals surface area contributed by atoms with Gasteiger partial charge in [-0.1, -0.05) is 46.0 Å². The molecular formula is C19H26BrNO3Si. The van der Waals surface area contributed by atoms with E-state index in [9.17, 15) is 4.79 Å². The minimum Gasteiger partial charge on any atom is -0.348 e. The Morgan fingerprint density at radius 2 is 1.88 bits per heavy atom. The lowest BCUT2D eigenvalue weighted by molar-refractivity contribution is -0.115. The number of para-hydroxylation sites is 1. The summed E-state index contributed by atoms with van der Waals surface area (Å²) in [5.41, 5.74) is 4.07. The number of ether oxygens (including phenoxy) is 2. The number of halogens is 1. The van der Waals surface area contributed by atoms with E-state index in [1.807, 2.05) is 24.3 Å². The SMILES string of the molecule is CC(C)(C)[Si](C)(C)C#CC(=O)N(CC1OCCO1)c1ccccc1Br. The van der Waals surface area contributed by atoms with Crippen LogP contribution in [0.2, 0.25) is 18.1 Å². The zero-order valence-electron chi connectivity index (χ0n) is 15.6. The van der Waals surface area contributed by atoms with Gasteiger partial charge in [-0.3, -0.25) is 9.69 Å². The van der Waals surface area contributed by atoms with Crippen molar-refractivity contribution < 1.29 is 14.3 Å². The molecule has 6 heteroatoms. The molecular weight excluding hydrogens is 398 g/mol. The molecule has 0 unspecified atom stereocenters. The Hall–Kier alpha value is -1.13. The predicted molar refractivity (Wildman–Crippen MR) is 107 cm³/mol. The van der Waals surface area contributed by atoms with Gasteiger partial charge in [-0.05, 0) is 39.0 Å². The van der Waals surface area contributed by atoms with E-state index in [4.69, 9.17) is 9.47 Å². The third-order valence-electron chi connectivity index (χ3n) is 4.77. The molecule has 0 N–H and O–H groups in total. The smallest absolute Gasteiger partial charge is 0.302 e. The quantitative estimate of drug-likeness (QED) is 0.539. The maximum absolute atomic E-state index is 12.9. The summed E-state index contributed by atoms with van der Waals surface area (Å²) in [5.74, 6) is 2.67. The normalized spacial score (nSPS) is 15.6. The number of anilines is 1. The van der Waals surface area contributed by atoms with Crippen molar-refractivity contribution in [1.29, 1.82) is 0 Å². The highest BCUT2D eigenvalue weighted by Crippen LogP contribution is 2.35. The molecule has 0 aliphatic carbocycles. The molecule has 1 amide bonds. The highest BCUT2D eigenvalue weighted by Gasteiger charge is 2.34. The van der Waals surface area contributed by atoms with E-state index in [0.717, 1.165) is 10.2 Å². The summed E-state index contributed by atoms with van der Waals surface area (Å²) in [6.07, 6.45) is -0.411. The Kier molecular flexibility index (Phi) is 6.49. The highest BCUT2D eigenvalue weighted by molar-refractivity contribution is 9.10. The van der Waals surface area contributed by atoms with Crippen molar-refractivity contribution in [2.75, 3.05) is 24.7 Å². The molecule has 0 radical (unpaired) electrons. The van der Waals surface area contributed by atoms with Crippen LogP contribution >= 0.6 is 15.9 Å². The third-order valence-corrected chi connectivity index (χ3v) is 9.94. The summed E-state index contributed by atoms with van der Waals surface area (Å²) in [5, 5.41) is 0.107. The second-order valence-electron chi connectivity index (χ2n) is 7.66. The van der Waals surface area contributed by atoms with Gasteiger partial charge >= 0.3 is 5.91 Å². The first-order valence-corrected chi connectivity index (χ1v) is 12.2. The van der Waals surface area contributed by atoms with Gasteiger partial charge in [-0.25, -0.2) is 0 Å². The van der Waals surface area contributed by atoms with Gasteiger partial charge in [-0.15, -0.1) is 5.54 Å². The molecule has 25 heavy (non-hydrogen) atoms. The molecule has 1 aliphatic rings. The first kappa shape index (κ1) is 20.2. The van der Waals surface area contributed by atoms with Crippen molar-refractivity contribution in [3.8, 4) is 11.5 Å². The zero-order chi connectivity index (χ0) is 18.7. The van der Waals surface area contributed by atoms with Crippen LogP contribution in [0.25, 0.3) is 0 Å². The van der Waals surface area contributed by atoms with Crippen LogP contribution < -0.4 is 4.90 Å². The maximum Gasteiger partial charge on any atom is 0.302 e. The number of carbonyl (C=O) groups excluding carboxylic acids is 1. The second kappa shape index (κ2) is 8.04. The Morgan fingerprint density at radius 1 is 1.28 bits per heavy atom. The molecule has 0 saturated carbocycles. The summed E-state index contributed by atoms with van der Waals surface area (Å²) in [4.78, 5) is 14.5. The fourth-order valence-electron chi connectivity index (χ4n) is 2.09. The molecule has 1 fully saturated rings. The third kappa shape index (κ3) is 5.17. The summed E-state index contributed by atoms with van der Waals surface area (Å²) < 4.78 is 11.9. The molecule has 136 valence electrons. The molecule has 1 aromatic rings. The van der Waals surface area contributed by atoms with E-state index in [2.05, 4.69) is 61.3 Å². The van der Waals surface area contributed by atoms with Gasteiger partial charge in [0.1, 0.15) is 8.07 Å². The lowest BCUT2D eigenvalue weighted by atomic mass is 10.2. The van der Waals surface area contributed by atoms with Gasteiger partial charge in [0.15, 0.2) is 6.29 Å². The van der Waals surface area contributed by atoms with Crippen LogP contribution in [0.15, 0.2) is 28.7 Å². The second-order valence-corrected chi connectivity index (χ2v) is 13.5. The zero-order valence-corrected chi connectivity index (χ0v) is 18.1. The number of benzene rings is 1. The van der Waals surface area contributed by atoms with E-state index < -0.39 is 14.4 Å². The van der Waals surface area contributed by atoms with Crippen LogP contribution in [0.5, 0.6) is 0 Å². The Labute approximate surface area is 160 Å². The maximum atomic E-state index is 12.9. The summed E-state index contributed by atoms with van der Waals surface area (Å²) >= 11 is 3.52. The van der Waals surface area contributed by atoms with Crippen LogP contribution in [-0.2, 0) is 14.3 Å². The van der Waals surface area contributed by atoms with Gasteiger partial charge in [-0.2, -0.15) is 0 Å². The van der Waals surface area contributed by atoms with E-state index in [1.165, 1.54) is 0 Å². The monoisotopic (exact) mass is 423 g/mol. The fourth-order valence-corrected chi connectivity index (χ4v) is 3.38. The average molecular weight is 424 g/mol. The Bertz CT molecular complexity index is 682. The highest BCUT2D eigenvalue weighted by atomic mass is 79.9. The molecule has 0 atom stereocenters. The van der Waals surface area contributed by atoms with Crippen molar-refractivity contribution in [1.82, 2.24) is 0 Å². The van der Waals surface area contributed by atoms with Crippen molar-refractivity contribution in [3.05, 3.63) is 28.7 Å². The molecule has 0 bridgehead atoms.